The van der Waals surface area contributed by atoms with E-state index in [0.717, 1.165) is 18.1 Å². The third-order valence-corrected chi connectivity index (χ3v) is 4.46. The highest BCUT2D eigenvalue weighted by atomic mass is 19.2. The minimum absolute atomic E-state index is 0.221. The fourth-order valence-corrected chi connectivity index (χ4v) is 3.64. The first-order chi connectivity index (χ1) is 8.80. The SMILES string of the molecule is CC(C)(C)C1C2C=C(c3ccc(F)c(F)c3F)CC21. The number of fused-ring (bicyclic) bond motifs is 1. The van der Waals surface area contributed by atoms with Gasteiger partial charge in [0.2, 0.25) is 0 Å². The van der Waals surface area contributed by atoms with Gasteiger partial charge in [-0.25, -0.2) is 13.2 Å². The maximum absolute atomic E-state index is 13.7. The maximum Gasteiger partial charge on any atom is 0.195 e. The van der Waals surface area contributed by atoms with Crippen molar-refractivity contribution >= 4 is 5.57 Å². The molecule has 0 nitrogen and oxygen atoms in total. The van der Waals surface area contributed by atoms with Crippen LogP contribution in [0.2, 0.25) is 0 Å². The monoisotopic (exact) mass is 266 g/mol. The van der Waals surface area contributed by atoms with Crippen LogP contribution in [0, 0.1) is 40.6 Å². The van der Waals surface area contributed by atoms with E-state index in [4.69, 9.17) is 0 Å². The molecular weight excluding hydrogens is 249 g/mol. The topological polar surface area (TPSA) is 0 Å². The smallest absolute Gasteiger partial charge is 0.195 e. The Bertz CT molecular complexity index is 566. The normalized spacial score (nSPS) is 29.2. The Morgan fingerprint density at radius 2 is 1.74 bits per heavy atom. The Labute approximate surface area is 111 Å². The lowest BCUT2D eigenvalue weighted by atomic mass is 9.85. The van der Waals surface area contributed by atoms with Crippen molar-refractivity contribution in [3.05, 3.63) is 41.2 Å². The van der Waals surface area contributed by atoms with Crippen LogP contribution >= 0.6 is 0 Å². The molecule has 102 valence electrons. The van der Waals surface area contributed by atoms with Crippen LogP contribution in [-0.4, -0.2) is 0 Å². The maximum atomic E-state index is 13.7. The van der Waals surface area contributed by atoms with Crippen molar-refractivity contribution in [1.29, 1.82) is 0 Å². The van der Waals surface area contributed by atoms with Crippen molar-refractivity contribution < 1.29 is 13.2 Å². The first-order valence-corrected chi connectivity index (χ1v) is 6.65. The van der Waals surface area contributed by atoms with Crippen molar-refractivity contribution in [2.75, 3.05) is 0 Å². The third-order valence-electron chi connectivity index (χ3n) is 4.46. The molecule has 0 radical (unpaired) electrons. The van der Waals surface area contributed by atoms with Crippen LogP contribution in [-0.2, 0) is 0 Å². The molecule has 0 saturated heterocycles. The van der Waals surface area contributed by atoms with Crippen LogP contribution in [0.5, 0.6) is 0 Å². The second kappa shape index (κ2) is 3.87. The largest absolute Gasteiger partial charge is 0.204 e. The fourth-order valence-electron chi connectivity index (χ4n) is 3.64. The molecule has 19 heavy (non-hydrogen) atoms. The van der Waals surface area contributed by atoms with E-state index in [1.165, 1.54) is 6.07 Å². The fraction of sp³-hybridized carbons (Fsp3) is 0.500. The Balaban J connectivity index is 1.88. The summed E-state index contributed by atoms with van der Waals surface area (Å²) in [5.74, 6) is -1.90. The van der Waals surface area contributed by atoms with E-state index >= 15 is 0 Å². The third kappa shape index (κ3) is 1.90. The minimum Gasteiger partial charge on any atom is -0.204 e. The Morgan fingerprint density at radius 3 is 2.26 bits per heavy atom. The second-order valence-electron chi connectivity index (χ2n) is 6.75. The lowest BCUT2D eigenvalue weighted by molar-refractivity contribution is 0.321. The Hall–Kier alpha value is -1.25. The number of hydrogen-bond acceptors (Lipinski definition) is 0. The molecule has 0 aromatic heterocycles. The van der Waals surface area contributed by atoms with E-state index in [9.17, 15) is 13.2 Å². The van der Waals surface area contributed by atoms with Crippen LogP contribution in [0.15, 0.2) is 18.2 Å². The quantitative estimate of drug-likeness (QED) is 0.640. The van der Waals surface area contributed by atoms with Gasteiger partial charge >= 0.3 is 0 Å². The van der Waals surface area contributed by atoms with Gasteiger partial charge in [0, 0.05) is 5.56 Å². The summed E-state index contributed by atoms with van der Waals surface area (Å²) in [6.07, 6.45) is 2.82. The average molecular weight is 266 g/mol. The highest BCUT2D eigenvalue weighted by Crippen LogP contribution is 2.64. The molecule has 3 unspecified atom stereocenters. The Morgan fingerprint density at radius 1 is 1.05 bits per heavy atom. The summed E-state index contributed by atoms with van der Waals surface area (Å²) < 4.78 is 39.9. The molecule has 3 rings (SSSR count). The molecule has 0 N–H and O–H groups in total. The lowest BCUT2D eigenvalue weighted by Gasteiger charge is -2.20. The summed E-state index contributed by atoms with van der Waals surface area (Å²) in [5, 5.41) is 0. The van der Waals surface area contributed by atoms with E-state index in [-0.39, 0.29) is 11.0 Å². The number of rotatable bonds is 1. The van der Waals surface area contributed by atoms with Gasteiger partial charge in [0.15, 0.2) is 17.5 Å². The van der Waals surface area contributed by atoms with Crippen molar-refractivity contribution in [2.45, 2.75) is 27.2 Å². The van der Waals surface area contributed by atoms with Crippen molar-refractivity contribution in [2.24, 2.45) is 23.2 Å². The molecule has 0 bridgehead atoms. The van der Waals surface area contributed by atoms with Crippen LogP contribution in [0.1, 0.15) is 32.8 Å². The molecule has 1 fully saturated rings. The first kappa shape index (κ1) is 12.8. The van der Waals surface area contributed by atoms with E-state index in [0.29, 0.717) is 17.8 Å². The van der Waals surface area contributed by atoms with Gasteiger partial charge in [-0.3, -0.25) is 0 Å². The number of allylic oxidation sites excluding steroid dienone is 2. The van der Waals surface area contributed by atoms with E-state index < -0.39 is 17.5 Å². The predicted molar refractivity (Wildman–Crippen MR) is 68.8 cm³/mol. The van der Waals surface area contributed by atoms with E-state index in [2.05, 4.69) is 26.8 Å². The standard InChI is InChI=1S/C16H17F3/c1-16(2,3)13-10-6-8(7-11(10)13)9-4-5-12(17)15(19)14(9)18/h4-6,10-11,13H,7H2,1-3H3. The van der Waals surface area contributed by atoms with Gasteiger partial charge in [-0.2, -0.15) is 0 Å². The first-order valence-electron chi connectivity index (χ1n) is 6.65. The molecule has 1 saturated carbocycles. The predicted octanol–water partition coefficient (Wildman–Crippen LogP) is 4.80. The van der Waals surface area contributed by atoms with Gasteiger partial charge in [0.25, 0.3) is 0 Å². The summed E-state index contributed by atoms with van der Waals surface area (Å²) in [5.41, 5.74) is 1.30. The molecule has 2 aliphatic rings. The van der Waals surface area contributed by atoms with Gasteiger partial charge in [-0.05, 0) is 47.3 Å². The molecule has 0 amide bonds. The van der Waals surface area contributed by atoms with Crippen LogP contribution in [0.25, 0.3) is 5.57 Å². The highest BCUT2D eigenvalue weighted by molar-refractivity contribution is 5.70. The van der Waals surface area contributed by atoms with Crippen molar-refractivity contribution in [3.8, 4) is 0 Å². The zero-order valence-corrected chi connectivity index (χ0v) is 11.3. The van der Waals surface area contributed by atoms with Crippen molar-refractivity contribution in [3.63, 3.8) is 0 Å². The van der Waals surface area contributed by atoms with E-state index in [1.807, 2.05) is 0 Å². The number of benzene rings is 1. The summed E-state index contributed by atoms with van der Waals surface area (Å²) >= 11 is 0. The summed E-state index contributed by atoms with van der Waals surface area (Å²) in [7, 11) is 0. The summed E-state index contributed by atoms with van der Waals surface area (Å²) in [6, 6.07) is 2.34. The molecular formula is C16H17F3. The van der Waals surface area contributed by atoms with Gasteiger partial charge in [-0.1, -0.05) is 26.8 Å². The average Bonchev–Trinajstić information content (AvgIpc) is 2.85. The molecule has 0 aliphatic heterocycles. The molecule has 3 heteroatoms. The summed E-state index contributed by atoms with van der Waals surface area (Å²) in [4.78, 5) is 0. The zero-order valence-electron chi connectivity index (χ0n) is 11.3. The summed E-state index contributed by atoms with van der Waals surface area (Å²) in [6.45, 7) is 6.63. The van der Waals surface area contributed by atoms with Crippen LogP contribution in [0.4, 0.5) is 13.2 Å². The number of hydrogen-bond donors (Lipinski definition) is 0. The second-order valence-corrected chi connectivity index (χ2v) is 6.75. The van der Waals surface area contributed by atoms with Crippen LogP contribution in [0.3, 0.4) is 0 Å². The van der Waals surface area contributed by atoms with Gasteiger partial charge in [0.1, 0.15) is 0 Å². The molecule has 0 spiro atoms. The zero-order chi connectivity index (χ0) is 13.9. The molecule has 0 heterocycles. The van der Waals surface area contributed by atoms with E-state index in [1.54, 1.807) is 0 Å². The Kier molecular flexibility index (Phi) is 2.60. The molecule has 1 aromatic rings. The van der Waals surface area contributed by atoms with Crippen molar-refractivity contribution in [1.82, 2.24) is 0 Å². The van der Waals surface area contributed by atoms with Gasteiger partial charge < -0.3 is 0 Å². The lowest BCUT2D eigenvalue weighted by Crippen LogP contribution is -2.11. The molecule has 2 aliphatic carbocycles. The van der Waals surface area contributed by atoms with Crippen LogP contribution < -0.4 is 0 Å². The molecule has 1 aromatic carbocycles. The minimum atomic E-state index is -1.37. The van der Waals surface area contributed by atoms with Gasteiger partial charge in [-0.15, -0.1) is 0 Å². The van der Waals surface area contributed by atoms with Gasteiger partial charge in [0.05, 0.1) is 0 Å². The number of halogens is 3. The highest BCUT2D eigenvalue weighted by Gasteiger charge is 2.57. The molecule has 3 atom stereocenters.